The van der Waals surface area contributed by atoms with E-state index in [1.165, 1.54) is 25.2 Å². The summed E-state index contributed by atoms with van der Waals surface area (Å²) in [7, 11) is 1.33. The number of aromatic nitrogens is 2. The van der Waals surface area contributed by atoms with Gasteiger partial charge < -0.3 is 10.4 Å². The van der Waals surface area contributed by atoms with E-state index in [1.807, 2.05) is 0 Å². The summed E-state index contributed by atoms with van der Waals surface area (Å²) in [5.74, 6) is -0.651. The summed E-state index contributed by atoms with van der Waals surface area (Å²) in [4.78, 5) is 24.2. The number of rotatable bonds is 3. The van der Waals surface area contributed by atoms with Crippen molar-refractivity contribution >= 4 is 16.7 Å². The third-order valence-corrected chi connectivity index (χ3v) is 3.38. The van der Waals surface area contributed by atoms with Gasteiger partial charge in [0.2, 0.25) is 0 Å². The van der Waals surface area contributed by atoms with E-state index in [0.29, 0.717) is 11.6 Å². The number of halogens is 3. The monoisotopic (exact) mass is 329 g/mol. The molecular formula is C14H14F3N3O3. The molecule has 2 aromatic rings. The van der Waals surface area contributed by atoms with Crippen molar-refractivity contribution in [3.8, 4) is 0 Å². The van der Waals surface area contributed by atoms with Crippen LogP contribution in [-0.2, 0) is 6.54 Å². The number of nitrogens with one attached hydrogen (secondary N) is 1. The minimum absolute atomic E-state index is 0.0408. The van der Waals surface area contributed by atoms with Gasteiger partial charge in [-0.3, -0.25) is 9.59 Å². The number of alkyl halides is 3. The number of carbonyl (C=O) groups excluding carboxylic acids is 1. The lowest BCUT2D eigenvalue weighted by Gasteiger charge is -2.26. The van der Waals surface area contributed by atoms with E-state index in [1.54, 1.807) is 6.07 Å². The molecule has 9 heteroatoms. The van der Waals surface area contributed by atoms with Crippen LogP contribution in [0.1, 0.15) is 17.4 Å². The molecule has 0 spiro atoms. The number of hydrogen-bond acceptors (Lipinski definition) is 4. The molecule has 0 aliphatic heterocycles. The highest BCUT2D eigenvalue weighted by Crippen LogP contribution is 2.31. The molecule has 0 radical (unpaired) electrons. The first-order valence-electron chi connectivity index (χ1n) is 6.59. The van der Waals surface area contributed by atoms with Crippen LogP contribution in [0.2, 0.25) is 0 Å². The number of aliphatic hydroxyl groups is 1. The molecule has 124 valence electrons. The van der Waals surface area contributed by atoms with Crippen LogP contribution in [0, 0.1) is 0 Å². The number of nitrogens with zero attached hydrogens (tertiary/aromatic N) is 2. The van der Waals surface area contributed by atoms with Gasteiger partial charge in [-0.25, -0.2) is 4.68 Å². The van der Waals surface area contributed by atoms with E-state index >= 15 is 0 Å². The third-order valence-electron chi connectivity index (χ3n) is 3.38. The second-order valence-corrected chi connectivity index (χ2v) is 5.21. The molecule has 2 rings (SSSR count). The third kappa shape index (κ3) is 3.04. The molecule has 0 aliphatic carbocycles. The van der Waals surface area contributed by atoms with Gasteiger partial charge in [0.25, 0.3) is 11.5 Å². The van der Waals surface area contributed by atoms with Gasteiger partial charge in [0.1, 0.15) is 0 Å². The average molecular weight is 329 g/mol. The van der Waals surface area contributed by atoms with Crippen molar-refractivity contribution in [1.29, 1.82) is 0 Å². The number of fused-ring (bicyclic) bond motifs is 1. The SMILES string of the molecule is CNC(=O)c1nn(CC(C)(O)C(F)(F)F)c(=O)c2ccccc12. The molecule has 1 unspecified atom stereocenters. The quantitative estimate of drug-likeness (QED) is 0.882. The van der Waals surface area contributed by atoms with Crippen LogP contribution in [0.4, 0.5) is 13.2 Å². The fraction of sp³-hybridized carbons (Fsp3) is 0.357. The molecule has 6 nitrogen and oxygen atoms in total. The maximum atomic E-state index is 12.8. The van der Waals surface area contributed by atoms with Crippen LogP contribution in [0.5, 0.6) is 0 Å². The van der Waals surface area contributed by atoms with Crippen molar-refractivity contribution in [2.45, 2.75) is 25.2 Å². The zero-order valence-electron chi connectivity index (χ0n) is 12.3. The maximum absolute atomic E-state index is 12.8. The molecule has 0 saturated heterocycles. The first kappa shape index (κ1) is 16.9. The first-order chi connectivity index (χ1) is 10.6. The van der Waals surface area contributed by atoms with E-state index in [-0.39, 0.29) is 16.5 Å². The van der Waals surface area contributed by atoms with Crippen molar-refractivity contribution in [2.24, 2.45) is 0 Å². The Hall–Kier alpha value is -2.42. The second kappa shape index (κ2) is 5.65. The minimum atomic E-state index is -4.95. The van der Waals surface area contributed by atoms with Crippen LogP contribution in [0.15, 0.2) is 29.1 Å². The smallest absolute Gasteiger partial charge is 0.379 e. The summed E-state index contributed by atoms with van der Waals surface area (Å²) in [5, 5.41) is 15.8. The summed E-state index contributed by atoms with van der Waals surface area (Å²) in [5.41, 5.74) is -4.18. The Morgan fingerprint density at radius 3 is 2.39 bits per heavy atom. The zero-order valence-corrected chi connectivity index (χ0v) is 12.3. The number of hydrogen-bond donors (Lipinski definition) is 2. The summed E-state index contributed by atoms with van der Waals surface area (Å²) < 4.78 is 38.9. The van der Waals surface area contributed by atoms with E-state index in [9.17, 15) is 27.9 Å². The normalized spacial score (nSPS) is 14.5. The topological polar surface area (TPSA) is 84.2 Å². The highest BCUT2D eigenvalue weighted by Gasteiger charge is 2.50. The molecule has 0 aliphatic rings. The lowest BCUT2D eigenvalue weighted by Crippen LogP contribution is -2.48. The number of carbonyl (C=O) groups is 1. The van der Waals surface area contributed by atoms with Gasteiger partial charge >= 0.3 is 6.18 Å². The van der Waals surface area contributed by atoms with Gasteiger partial charge in [0, 0.05) is 12.4 Å². The van der Waals surface area contributed by atoms with Gasteiger partial charge in [-0.1, -0.05) is 18.2 Å². The molecule has 1 heterocycles. The summed E-state index contributed by atoms with van der Waals surface area (Å²) in [6.07, 6.45) is -4.95. The number of amides is 1. The van der Waals surface area contributed by atoms with Crippen molar-refractivity contribution in [3.63, 3.8) is 0 Å². The Morgan fingerprint density at radius 1 is 1.30 bits per heavy atom. The molecule has 1 aromatic carbocycles. The first-order valence-corrected chi connectivity index (χ1v) is 6.59. The van der Waals surface area contributed by atoms with Gasteiger partial charge in [-0.15, -0.1) is 0 Å². The van der Waals surface area contributed by atoms with Gasteiger partial charge in [0.15, 0.2) is 11.3 Å². The molecule has 1 aromatic heterocycles. The lowest BCUT2D eigenvalue weighted by atomic mass is 10.1. The van der Waals surface area contributed by atoms with Crippen molar-refractivity contribution in [2.75, 3.05) is 7.05 Å². The van der Waals surface area contributed by atoms with Gasteiger partial charge in [-0.05, 0) is 13.0 Å². The largest absolute Gasteiger partial charge is 0.418 e. The van der Waals surface area contributed by atoms with Crippen LogP contribution >= 0.6 is 0 Å². The van der Waals surface area contributed by atoms with Crippen molar-refractivity contribution in [1.82, 2.24) is 15.1 Å². The molecule has 0 bridgehead atoms. The summed E-state index contributed by atoms with van der Waals surface area (Å²) >= 11 is 0. The predicted molar refractivity (Wildman–Crippen MR) is 76.1 cm³/mol. The molecular weight excluding hydrogens is 315 g/mol. The van der Waals surface area contributed by atoms with E-state index < -0.39 is 29.8 Å². The fourth-order valence-corrected chi connectivity index (χ4v) is 2.01. The highest BCUT2D eigenvalue weighted by atomic mass is 19.4. The van der Waals surface area contributed by atoms with E-state index in [2.05, 4.69) is 10.4 Å². The Kier molecular flexibility index (Phi) is 4.16. The van der Waals surface area contributed by atoms with Crippen LogP contribution in [0.3, 0.4) is 0 Å². The lowest BCUT2D eigenvalue weighted by molar-refractivity contribution is -0.258. The zero-order chi connectivity index (χ0) is 17.4. The standard InChI is InChI=1S/C14H14F3N3O3/c1-13(23,14(15,16)17)7-20-12(22)9-6-4-3-5-8(9)10(19-20)11(21)18-2/h3-6,23H,7H2,1-2H3,(H,18,21). The highest BCUT2D eigenvalue weighted by molar-refractivity contribution is 6.04. The second-order valence-electron chi connectivity index (χ2n) is 5.21. The van der Waals surface area contributed by atoms with Crippen LogP contribution in [0.25, 0.3) is 10.8 Å². The predicted octanol–water partition coefficient (Wildman–Crippen LogP) is 1.07. The average Bonchev–Trinajstić information content (AvgIpc) is 2.48. The Morgan fingerprint density at radius 2 is 1.87 bits per heavy atom. The molecule has 1 atom stereocenters. The Balaban J connectivity index is 2.69. The Labute approximate surface area is 128 Å². The number of benzene rings is 1. The van der Waals surface area contributed by atoms with Gasteiger partial charge in [-0.2, -0.15) is 18.3 Å². The van der Waals surface area contributed by atoms with Crippen LogP contribution in [-0.4, -0.2) is 39.6 Å². The van der Waals surface area contributed by atoms with Crippen LogP contribution < -0.4 is 10.9 Å². The molecule has 1 amide bonds. The summed E-state index contributed by atoms with van der Waals surface area (Å²) in [6, 6.07) is 5.95. The van der Waals surface area contributed by atoms with E-state index in [0.717, 1.165) is 0 Å². The van der Waals surface area contributed by atoms with Crippen molar-refractivity contribution < 1.29 is 23.1 Å². The molecule has 2 N–H and O–H groups in total. The van der Waals surface area contributed by atoms with E-state index in [4.69, 9.17) is 0 Å². The fourth-order valence-electron chi connectivity index (χ4n) is 2.01. The Bertz CT molecular complexity index is 812. The minimum Gasteiger partial charge on any atom is -0.379 e. The molecule has 23 heavy (non-hydrogen) atoms. The maximum Gasteiger partial charge on any atom is 0.418 e. The molecule has 0 fully saturated rings. The van der Waals surface area contributed by atoms with Crippen molar-refractivity contribution in [3.05, 3.63) is 40.3 Å². The van der Waals surface area contributed by atoms with Gasteiger partial charge in [0.05, 0.1) is 11.9 Å². The molecule has 0 saturated carbocycles. The summed E-state index contributed by atoms with van der Waals surface area (Å²) in [6.45, 7) is -0.583.